The molecule has 0 saturated carbocycles. The summed E-state index contributed by atoms with van der Waals surface area (Å²) < 4.78 is 14.4. The molecule has 0 bridgehead atoms. The molecule has 0 radical (unpaired) electrons. The van der Waals surface area contributed by atoms with Crippen molar-refractivity contribution in [1.29, 1.82) is 0 Å². The molecule has 0 unspecified atom stereocenters. The molecule has 1 rings (SSSR count). The van der Waals surface area contributed by atoms with Crippen molar-refractivity contribution in [1.82, 2.24) is 5.16 Å². The van der Waals surface area contributed by atoms with Crippen molar-refractivity contribution in [3.05, 3.63) is 5.56 Å². The Morgan fingerprint density at radius 1 is 1.30 bits per heavy atom. The van der Waals surface area contributed by atoms with Gasteiger partial charge in [0.1, 0.15) is 0 Å². The van der Waals surface area contributed by atoms with Crippen LogP contribution in [-0.4, -0.2) is 19.4 Å². The highest BCUT2D eigenvalue weighted by Crippen LogP contribution is 2.25. The van der Waals surface area contributed by atoms with Crippen molar-refractivity contribution >= 4 is 0 Å². The van der Waals surface area contributed by atoms with Crippen molar-refractivity contribution in [2.75, 3.05) is 14.2 Å². The third kappa shape index (κ3) is 0.920. The van der Waals surface area contributed by atoms with Crippen LogP contribution < -0.4 is 9.47 Å². The maximum atomic E-state index is 4.84. The number of ether oxygens (including phenoxy) is 2. The van der Waals surface area contributed by atoms with Gasteiger partial charge in [0.15, 0.2) is 0 Å². The maximum absolute atomic E-state index is 4.84. The van der Waals surface area contributed by atoms with Crippen molar-refractivity contribution in [2.45, 2.75) is 6.92 Å². The van der Waals surface area contributed by atoms with E-state index in [1.807, 2.05) is 6.92 Å². The van der Waals surface area contributed by atoms with Gasteiger partial charge in [0.25, 0.3) is 5.88 Å². The van der Waals surface area contributed by atoms with Gasteiger partial charge in [0.05, 0.1) is 19.8 Å². The van der Waals surface area contributed by atoms with E-state index in [1.54, 1.807) is 0 Å². The standard InChI is InChI=1S/C6H9NO3/c1-4-5(8-2)7-10-6(4)9-3/h1-3H3. The topological polar surface area (TPSA) is 44.5 Å². The van der Waals surface area contributed by atoms with Crippen LogP contribution in [0.5, 0.6) is 11.8 Å². The first-order valence-electron chi connectivity index (χ1n) is 2.84. The highest BCUT2D eigenvalue weighted by Gasteiger charge is 2.10. The molecule has 1 aromatic rings. The lowest BCUT2D eigenvalue weighted by Gasteiger charge is -1.92. The van der Waals surface area contributed by atoms with Crippen molar-refractivity contribution in [2.24, 2.45) is 0 Å². The molecule has 0 aromatic carbocycles. The molecule has 10 heavy (non-hydrogen) atoms. The molecular formula is C6H9NO3. The number of nitrogens with zero attached hydrogens (tertiary/aromatic N) is 1. The minimum absolute atomic E-state index is 0.400. The predicted molar refractivity (Wildman–Crippen MR) is 34.3 cm³/mol. The largest absolute Gasteiger partial charge is 0.479 e. The molecular weight excluding hydrogens is 134 g/mol. The Morgan fingerprint density at radius 2 is 2.00 bits per heavy atom. The lowest BCUT2D eigenvalue weighted by Crippen LogP contribution is -1.85. The van der Waals surface area contributed by atoms with E-state index in [9.17, 15) is 0 Å². The SMILES string of the molecule is COc1noc(OC)c1C. The first kappa shape index (κ1) is 6.92. The molecule has 4 nitrogen and oxygen atoms in total. The Bertz CT molecular complexity index is 197. The van der Waals surface area contributed by atoms with Crippen molar-refractivity contribution in [3.63, 3.8) is 0 Å². The fourth-order valence-corrected chi connectivity index (χ4v) is 0.688. The molecule has 0 fully saturated rings. The van der Waals surface area contributed by atoms with Crippen molar-refractivity contribution < 1.29 is 14.0 Å². The van der Waals surface area contributed by atoms with E-state index in [2.05, 4.69) is 5.16 Å². The minimum atomic E-state index is 0.400. The first-order chi connectivity index (χ1) is 4.79. The monoisotopic (exact) mass is 143 g/mol. The summed E-state index contributed by atoms with van der Waals surface area (Å²) in [4.78, 5) is 0. The van der Waals surface area contributed by atoms with E-state index in [1.165, 1.54) is 14.2 Å². The zero-order chi connectivity index (χ0) is 7.56. The fraction of sp³-hybridized carbons (Fsp3) is 0.500. The number of hydrogen-bond donors (Lipinski definition) is 0. The van der Waals surface area contributed by atoms with E-state index in [0.717, 1.165) is 5.56 Å². The molecule has 1 aromatic heterocycles. The van der Waals surface area contributed by atoms with E-state index in [4.69, 9.17) is 14.0 Å². The zero-order valence-corrected chi connectivity index (χ0v) is 6.17. The lowest BCUT2D eigenvalue weighted by atomic mass is 10.4. The van der Waals surface area contributed by atoms with Crippen LogP contribution in [0.2, 0.25) is 0 Å². The van der Waals surface area contributed by atoms with Crippen LogP contribution in [0, 0.1) is 6.92 Å². The summed E-state index contributed by atoms with van der Waals surface area (Å²) >= 11 is 0. The normalized spacial score (nSPS) is 9.50. The second-order valence-corrected chi connectivity index (χ2v) is 1.81. The van der Waals surface area contributed by atoms with E-state index >= 15 is 0 Å². The van der Waals surface area contributed by atoms with Gasteiger partial charge < -0.3 is 14.0 Å². The number of methoxy groups -OCH3 is 2. The Balaban J connectivity index is 2.97. The van der Waals surface area contributed by atoms with Crippen LogP contribution in [0.4, 0.5) is 0 Å². The number of aromatic nitrogens is 1. The zero-order valence-electron chi connectivity index (χ0n) is 6.17. The molecule has 0 N–H and O–H groups in total. The van der Waals surface area contributed by atoms with E-state index in [-0.39, 0.29) is 0 Å². The van der Waals surface area contributed by atoms with Gasteiger partial charge in [-0.1, -0.05) is 0 Å². The van der Waals surface area contributed by atoms with Crippen LogP contribution in [0.25, 0.3) is 0 Å². The number of rotatable bonds is 2. The van der Waals surface area contributed by atoms with Crippen LogP contribution in [0.3, 0.4) is 0 Å². The first-order valence-corrected chi connectivity index (χ1v) is 2.84. The number of hydrogen-bond acceptors (Lipinski definition) is 4. The van der Waals surface area contributed by atoms with E-state index < -0.39 is 0 Å². The molecule has 0 spiro atoms. The Morgan fingerprint density at radius 3 is 2.30 bits per heavy atom. The van der Waals surface area contributed by atoms with Gasteiger partial charge in [0.2, 0.25) is 0 Å². The molecule has 0 saturated heterocycles. The second-order valence-electron chi connectivity index (χ2n) is 1.81. The molecule has 56 valence electrons. The molecule has 0 aliphatic heterocycles. The minimum Gasteiger partial charge on any atom is -0.479 e. The summed E-state index contributed by atoms with van der Waals surface area (Å²) in [5, 5.41) is 3.58. The molecule has 0 aliphatic carbocycles. The van der Waals surface area contributed by atoms with Gasteiger partial charge in [-0.05, 0) is 12.1 Å². The molecule has 0 amide bonds. The fourth-order valence-electron chi connectivity index (χ4n) is 0.688. The van der Waals surface area contributed by atoms with Gasteiger partial charge in [-0.25, -0.2) is 0 Å². The highest BCUT2D eigenvalue weighted by molar-refractivity contribution is 5.30. The van der Waals surface area contributed by atoms with Crippen LogP contribution in [-0.2, 0) is 0 Å². The average Bonchev–Trinajstić information content (AvgIpc) is 2.30. The summed E-state index contributed by atoms with van der Waals surface area (Å²) in [5.41, 5.74) is 0.782. The van der Waals surface area contributed by atoms with Gasteiger partial charge in [-0.2, -0.15) is 0 Å². The van der Waals surface area contributed by atoms with Crippen LogP contribution in [0.15, 0.2) is 4.52 Å². The van der Waals surface area contributed by atoms with E-state index in [0.29, 0.717) is 11.8 Å². The Labute approximate surface area is 58.7 Å². The van der Waals surface area contributed by atoms with Gasteiger partial charge in [0, 0.05) is 0 Å². The predicted octanol–water partition coefficient (Wildman–Crippen LogP) is 1.00. The summed E-state index contributed by atoms with van der Waals surface area (Å²) in [7, 11) is 3.05. The summed E-state index contributed by atoms with van der Waals surface area (Å²) in [5.74, 6) is 0.869. The van der Waals surface area contributed by atoms with Crippen molar-refractivity contribution in [3.8, 4) is 11.8 Å². The smallest absolute Gasteiger partial charge is 0.317 e. The van der Waals surface area contributed by atoms with Gasteiger partial charge in [-0.15, -0.1) is 0 Å². The van der Waals surface area contributed by atoms with Gasteiger partial charge >= 0.3 is 5.95 Å². The summed E-state index contributed by atoms with van der Waals surface area (Å²) in [6.07, 6.45) is 0. The lowest BCUT2D eigenvalue weighted by molar-refractivity contribution is 0.251. The quantitative estimate of drug-likeness (QED) is 0.619. The third-order valence-corrected chi connectivity index (χ3v) is 1.22. The van der Waals surface area contributed by atoms with Crippen LogP contribution >= 0.6 is 0 Å². The van der Waals surface area contributed by atoms with Gasteiger partial charge in [-0.3, -0.25) is 0 Å². The average molecular weight is 143 g/mol. The third-order valence-electron chi connectivity index (χ3n) is 1.22. The second kappa shape index (κ2) is 2.60. The highest BCUT2D eigenvalue weighted by atomic mass is 16.6. The van der Waals surface area contributed by atoms with Crippen LogP contribution in [0.1, 0.15) is 5.56 Å². The molecule has 0 aliphatic rings. The molecule has 0 atom stereocenters. The Kier molecular flexibility index (Phi) is 1.80. The molecule has 1 heterocycles. The maximum Gasteiger partial charge on any atom is 0.317 e. The summed E-state index contributed by atoms with van der Waals surface area (Å²) in [6, 6.07) is 0. The molecule has 4 heteroatoms. The Hall–Kier alpha value is -1.19. The summed E-state index contributed by atoms with van der Waals surface area (Å²) in [6.45, 7) is 1.81.